The molecule has 1 atom stereocenters. The third kappa shape index (κ3) is 4.25. The van der Waals surface area contributed by atoms with Gasteiger partial charge in [0.05, 0.1) is 11.7 Å². The van der Waals surface area contributed by atoms with Gasteiger partial charge in [0, 0.05) is 10.6 Å². The second-order valence-electron chi connectivity index (χ2n) is 9.87. The standard InChI is InChI=1S/C26H33N3O2S/c1-6-16-9-8-10-17(7-2)23(16)28-21(30)14-29-15-27-24-22(25(29)31)19-12-11-18(26(3,4)5)13-20(19)32-24/h8-10,15,18H,6-7,11-14H2,1-5H3,(H,28,30). The predicted octanol–water partition coefficient (Wildman–Crippen LogP) is 5.37. The molecule has 1 N–H and O–H groups in total. The topological polar surface area (TPSA) is 64.0 Å². The van der Waals surface area contributed by atoms with E-state index in [0.717, 1.165) is 64.7 Å². The van der Waals surface area contributed by atoms with Crippen molar-refractivity contribution in [1.82, 2.24) is 9.55 Å². The van der Waals surface area contributed by atoms with Crippen molar-refractivity contribution < 1.29 is 4.79 Å². The van der Waals surface area contributed by atoms with E-state index in [-0.39, 0.29) is 23.4 Å². The third-order valence-electron chi connectivity index (χ3n) is 6.84. The Morgan fingerprint density at radius 2 is 1.91 bits per heavy atom. The maximum atomic E-state index is 13.3. The van der Waals surface area contributed by atoms with E-state index < -0.39 is 0 Å². The van der Waals surface area contributed by atoms with Crippen molar-refractivity contribution in [3.63, 3.8) is 0 Å². The van der Waals surface area contributed by atoms with Gasteiger partial charge in [-0.25, -0.2) is 4.98 Å². The smallest absolute Gasteiger partial charge is 0.262 e. The number of hydrogen-bond donors (Lipinski definition) is 1. The fraction of sp³-hybridized carbons (Fsp3) is 0.500. The number of fused-ring (bicyclic) bond motifs is 3. The first-order valence-corrected chi connectivity index (χ1v) is 12.4. The third-order valence-corrected chi connectivity index (χ3v) is 8.00. The van der Waals surface area contributed by atoms with E-state index in [2.05, 4.69) is 44.9 Å². The molecule has 1 unspecified atom stereocenters. The highest BCUT2D eigenvalue weighted by Crippen LogP contribution is 2.41. The van der Waals surface area contributed by atoms with Crippen LogP contribution in [0.4, 0.5) is 5.69 Å². The number of carbonyl (C=O) groups is 1. The van der Waals surface area contributed by atoms with Gasteiger partial charge < -0.3 is 5.32 Å². The number of nitrogens with one attached hydrogen (secondary N) is 1. The molecule has 2 aromatic heterocycles. The lowest BCUT2D eigenvalue weighted by molar-refractivity contribution is -0.116. The predicted molar refractivity (Wildman–Crippen MR) is 133 cm³/mol. The van der Waals surface area contributed by atoms with Crippen LogP contribution in [0.3, 0.4) is 0 Å². The largest absolute Gasteiger partial charge is 0.324 e. The minimum Gasteiger partial charge on any atom is -0.324 e. The second kappa shape index (κ2) is 8.81. The number of aryl methyl sites for hydroxylation is 3. The molecule has 170 valence electrons. The van der Waals surface area contributed by atoms with Crippen molar-refractivity contribution in [2.75, 3.05) is 5.32 Å². The number of benzene rings is 1. The summed E-state index contributed by atoms with van der Waals surface area (Å²) in [5.74, 6) is 0.420. The molecule has 1 aliphatic rings. The number of thiophene rings is 1. The lowest BCUT2D eigenvalue weighted by Gasteiger charge is -2.33. The summed E-state index contributed by atoms with van der Waals surface area (Å²) in [6.45, 7) is 11.0. The van der Waals surface area contributed by atoms with Gasteiger partial charge in [0.1, 0.15) is 11.4 Å². The lowest BCUT2D eigenvalue weighted by Crippen LogP contribution is -2.29. The highest BCUT2D eigenvalue weighted by atomic mass is 32.1. The van der Waals surface area contributed by atoms with Gasteiger partial charge in [-0.3, -0.25) is 14.2 Å². The highest BCUT2D eigenvalue weighted by Gasteiger charge is 2.31. The van der Waals surface area contributed by atoms with Gasteiger partial charge >= 0.3 is 0 Å². The Morgan fingerprint density at radius 1 is 1.22 bits per heavy atom. The fourth-order valence-electron chi connectivity index (χ4n) is 4.79. The molecule has 0 aliphatic heterocycles. The summed E-state index contributed by atoms with van der Waals surface area (Å²) in [7, 11) is 0. The Balaban J connectivity index is 1.61. The molecule has 1 aromatic carbocycles. The summed E-state index contributed by atoms with van der Waals surface area (Å²) < 4.78 is 1.46. The van der Waals surface area contributed by atoms with E-state index in [9.17, 15) is 9.59 Å². The molecule has 3 aromatic rings. The molecule has 4 rings (SSSR count). The summed E-state index contributed by atoms with van der Waals surface area (Å²) >= 11 is 1.65. The van der Waals surface area contributed by atoms with Gasteiger partial charge in [0.15, 0.2) is 0 Å². The summed E-state index contributed by atoms with van der Waals surface area (Å²) in [6, 6.07) is 6.10. The van der Waals surface area contributed by atoms with Gasteiger partial charge in [-0.15, -0.1) is 11.3 Å². The Hall–Kier alpha value is -2.47. The summed E-state index contributed by atoms with van der Waals surface area (Å²) in [5, 5.41) is 3.78. The van der Waals surface area contributed by atoms with E-state index in [1.807, 2.05) is 18.2 Å². The number of amides is 1. The molecule has 1 amide bonds. The van der Waals surface area contributed by atoms with Crippen LogP contribution in [0.25, 0.3) is 10.2 Å². The molecule has 0 bridgehead atoms. The van der Waals surface area contributed by atoms with Gasteiger partial charge in [-0.2, -0.15) is 0 Å². The first-order valence-electron chi connectivity index (χ1n) is 11.6. The molecule has 0 saturated heterocycles. The van der Waals surface area contributed by atoms with Gasteiger partial charge in [0.2, 0.25) is 5.91 Å². The Morgan fingerprint density at radius 3 is 2.53 bits per heavy atom. The van der Waals surface area contributed by atoms with Gasteiger partial charge in [-0.1, -0.05) is 52.8 Å². The number of nitrogens with zero attached hydrogens (tertiary/aromatic N) is 2. The van der Waals surface area contributed by atoms with Crippen LogP contribution in [0.2, 0.25) is 0 Å². The summed E-state index contributed by atoms with van der Waals surface area (Å²) in [4.78, 5) is 32.9. The van der Waals surface area contributed by atoms with Crippen molar-refractivity contribution in [3.8, 4) is 0 Å². The average Bonchev–Trinajstić information content (AvgIpc) is 3.13. The van der Waals surface area contributed by atoms with Crippen LogP contribution in [-0.2, 0) is 37.0 Å². The Bertz CT molecular complexity index is 1190. The normalized spacial score (nSPS) is 16.2. The molecular formula is C26H33N3O2S. The minimum absolute atomic E-state index is 0.0296. The van der Waals surface area contributed by atoms with Crippen LogP contribution in [0.5, 0.6) is 0 Å². The number of carbonyl (C=O) groups excluding carboxylic acids is 1. The number of aromatic nitrogens is 2. The van der Waals surface area contributed by atoms with Crippen molar-refractivity contribution in [3.05, 3.63) is 56.4 Å². The Kier molecular flexibility index (Phi) is 6.26. The SMILES string of the molecule is CCc1cccc(CC)c1NC(=O)Cn1cnc2sc3c(c2c1=O)CCC(C(C)(C)C)C3. The van der Waals surface area contributed by atoms with Crippen LogP contribution in [-0.4, -0.2) is 15.5 Å². The number of anilines is 1. The molecule has 2 heterocycles. The fourth-order valence-corrected chi connectivity index (χ4v) is 6.05. The van der Waals surface area contributed by atoms with Crippen LogP contribution in [0, 0.1) is 11.3 Å². The monoisotopic (exact) mass is 451 g/mol. The molecule has 1 aliphatic carbocycles. The zero-order valence-corrected chi connectivity index (χ0v) is 20.6. The van der Waals surface area contributed by atoms with Crippen LogP contribution < -0.4 is 10.9 Å². The number of hydrogen-bond acceptors (Lipinski definition) is 4. The first-order chi connectivity index (χ1) is 15.2. The summed E-state index contributed by atoms with van der Waals surface area (Å²) in [5.41, 5.74) is 4.41. The zero-order chi connectivity index (χ0) is 23.0. The molecular weight excluding hydrogens is 418 g/mol. The zero-order valence-electron chi connectivity index (χ0n) is 19.7. The lowest BCUT2D eigenvalue weighted by atomic mass is 9.72. The van der Waals surface area contributed by atoms with E-state index in [1.165, 1.54) is 15.8 Å². The molecule has 5 nitrogen and oxygen atoms in total. The highest BCUT2D eigenvalue weighted by molar-refractivity contribution is 7.18. The van der Waals surface area contributed by atoms with Gasteiger partial charge in [-0.05, 0) is 60.1 Å². The van der Waals surface area contributed by atoms with Crippen molar-refractivity contribution in [1.29, 1.82) is 0 Å². The van der Waals surface area contributed by atoms with E-state index >= 15 is 0 Å². The van der Waals surface area contributed by atoms with Crippen LogP contribution in [0.1, 0.15) is 62.6 Å². The van der Waals surface area contributed by atoms with Crippen LogP contribution in [0.15, 0.2) is 29.3 Å². The molecule has 32 heavy (non-hydrogen) atoms. The Labute approximate surface area is 193 Å². The maximum absolute atomic E-state index is 13.3. The average molecular weight is 452 g/mol. The van der Waals surface area contributed by atoms with Crippen molar-refractivity contribution >= 4 is 33.1 Å². The van der Waals surface area contributed by atoms with E-state index in [1.54, 1.807) is 11.3 Å². The minimum atomic E-state index is -0.194. The molecule has 0 radical (unpaired) electrons. The molecule has 0 spiro atoms. The van der Waals surface area contributed by atoms with Gasteiger partial charge in [0.25, 0.3) is 5.56 Å². The quantitative estimate of drug-likeness (QED) is 0.567. The first kappa shape index (κ1) is 22.7. The number of rotatable bonds is 5. The molecule has 0 saturated carbocycles. The second-order valence-corrected chi connectivity index (χ2v) is 11.0. The van der Waals surface area contributed by atoms with E-state index in [4.69, 9.17) is 0 Å². The number of para-hydroxylation sites is 1. The summed E-state index contributed by atoms with van der Waals surface area (Å²) in [6.07, 6.45) is 6.22. The maximum Gasteiger partial charge on any atom is 0.262 e. The molecule has 6 heteroatoms. The van der Waals surface area contributed by atoms with Crippen molar-refractivity contribution in [2.24, 2.45) is 11.3 Å². The van der Waals surface area contributed by atoms with Crippen LogP contribution >= 0.6 is 11.3 Å². The van der Waals surface area contributed by atoms with E-state index in [0.29, 0.717) is 5.92 Å². The van der Waals surface area contributed by atoms with Crippen molar-refractivity contribution in [2.45, 2.75) is 73.3 Å². The molecule has 0 fully saturated rings.